The highest BCUT2D eigenvalue weighted by Gasteiger charge is 2.20. The van der Waals surface area contributed by atoms with Crippen molar-refractivity contribution in [2.24, 2.45) is 0 Å². The molecule has 1 atom stereocenters. The summed E-state index contributed by atoms with van der Waals surface area (Å²) in [6.07, 6.45) is 0.364. The van der Waals surface area contributed by atoms with Crippen LogP contribution in [0.3, 0.4) is 0 Å². The number of rotatable bonds is 4. The van der Waals surface area contributed by atoms with Gasteiger partial charge in [0.2, 0.25) is 5.91 Å². The van der Waals surface area contributed by atoms with Crippen LogP contribution in [0.1, 0.15) is 23.5 Å². The van der Waals surface area contributed by atoms with Gasteiger partial charge in [0.15, 0.2) is 0 Å². The Bertz CT molecular complexity index is 795. The van der Waals surface area contributed by atoms with Gasteiger partial charge in [0, 0.05) is 12.1 Å². The van der Waals surface area contributed by atoms with E-state index < -0.39 is 0 Å². The van der Waals surface area contributed by atoms with Gasteiger partial charge in [0.25, 0.3) is 0 Å². The molecule has 3 nitrogen and oxygen atoms in total. The summed E-state index contributed by atoms with van der Waals surface area (Å²) in [6, 6.07) is 15.4. The van der Waals surface area contributed by atoms with Crippen LogP contribution in [0.15, 0.2) is 48.5 Å². The Labute approximate surface area is 144 Å². The lowest BCUT2D eigenvalue weighted by Gasteiger charge is -2.23. The average Bonchev–Trinajstić information content (AvgIpc) is 2.99. The van der Waals surface area contributed by atoms with Crippen molar-refractivity contribution in [1.29, 1.82) is 0 Å². The number of aromatic nitrogens is 1. The number of amides is 1. The molecule has 5 heteroatoms. The van der Waals surface area contributed by atoms with Gasteiger partial charge in [-0.25, -0.2) is 4.98 Å². The van der Waals surface area contributed by atoms with Gasteiger partial charge >= 0.3 is 0 Å². The fourth-order valence-corrected chi connectivity index (χ4v) is 3.54. The van der Waals surface area contributed by atoms with Crippen molar-refractivity contribution in [3.63, 3.8) is 0 Å². The van der Waals surface area contributed by atoms with Crippen molar-refractivity contribution >= 4 is 39.1 Å². The predicted molar refractivity (Wildman–Crippen MR) is 96.0 cm³/mol. The second-order valence-corrected chi connectivity index (χ2v) is 7.00. The number of benzene rings is 2. The van der Waals surface area contributed by atoms with Crippen LogP contribution in [-0.2, 0) is 11.2 Å². The third-order valence-electron chi connectivity index (χ3n) is 3.91. The lowest BCUT2D eigenvalue weighted by molar-refractivity contribution is -0.131. The first kappa shape index (κ1) is 16.0. The van der Waals surface area contributed by atoms with Crippen molar-refractivity contribution in [2.75, 3.05) is 7.05 Å². The van der Waals surface area contributed by atoms with E-state index in [1.54, 1.807) is 28.4 Å². The Morgan fingerprint density at radius 1 is 1.22 bits per heavy atom. The smallest absolute Gasteiger partial charge is 0.227 e. The van der Waals surface area contributed by atoms with Crippen molar-refractivity contribution in [2.45, 2.75) is 19.4 Å². The summed E-state index contributed by atoms with van der Waals surface area (Å²) < 4.78 is 1.15. The molecule has 0 saturated carbocycles. The van der Waals surface area contributed by atoms with Gasteiger partial charge in [-0.1, -0.05) is 35.9 Å². The Morgan fingerprint density at radius 2 is 1.91 bits per heavy atom. The van der Waals surface area contributed by atoms with Crippen LogP contribution in [0.5, 0.6) is 0 Å². The maximum absolute atomic E-state index is 12.5. The van der Waals surface area contributed by atoms with Crippen LogP contribution in [0.2, 0.25) is 5.02 Å². The fourth-order valence-electron chi connectivity index (χ4n) is 2.35. The van der Waals surface area contributed by atoms with Crippen molar-refractivity contribution < 1.29 is 4.79 Å². The topological polar surface area (TPSA) is 33.2 Å². The molecule has 1 aromatic heterocycles. The molecule has 1 amide bonds. The quantitative estimate of drug-likeness (QED) is 0.686. The van der Waals surface area contributed by atoms with Gasteiger partial charge < -0.3 is 4.90 Å². The first-order valence-corrected chi connectivity index (χ1v) is 8.59. The molecule has 0 saturated heterocycles. The Hall–Kier alpha value is -1.91. The maximum atomic E-state index is 12.5. The molecular formula is C18H17ClN2OS. The molecule has 3 rings (SSSR count). The zero-order valence-corrected chi connectivity index (χ0v) is 14.6. The molecular weight excluding hydrogens is 328 g/mol. The van der Waals surface area contributed by atoms with E-state index in [4.69, 9.17) is 11.6 Å². The van der Waals surface area contributed by atoms with E-state index in [1.807, 2.05) is 44.3 Å². The summed E-state index contributed by atoms with van der Waals surface area (Å²) in [4.78, 5) is 18.9. The fraction of sp³-hybridized carbons (Fsp3) is 0.222. The summed E-state index contributed by atoms with van der Waals surface area (Å²) in [7, 11) is 1.83. The minimum atomic E-state index is -0.0489. The van der Waals surface area contributed by atoms with E-state index in [0.29, 0.717) is 11.4 Å². The van der Waals surface area contributed by atoms with Crippen molar-refractivity contribution in [3.05, 3.63) is 64.1 Å². The number of thiazole rings is 1. The van der Waals surface area contributed by atoms with Crippen LogP contribution in [-0.4, -0.2) is 22.8 Å². The third kappa shape index (κ3) is 3.54. The monoisotopic (exact) mass is 344 g/mol. The normalized spacial score (nSPS) is 12.3. The molecule has 2 aromatic carbocycles. The number of nitrogens with zero attached hydrogens (tertiary/aromatic N) is 2. The number of fused-ring (bicyclic) bond motifs is 1. The van der Waals surface area contributed by atoms with Crippen molar-refractivity contribution in [3.8, 4) is 0 Å². The summed E-state index contributed by atoms with van der Waals surface area (Å²) in [5.41, 5.74) is 1.95. The van der Waals surface area contributed by atoms with E-state index in [-0.39, 0.29) is 11.9 Å². The number of hydrogen-bond donors (Lipinski definition) is 0. The van der Waals surface area contributed by atoms with Gasteiger partial charge in [-0.3, -0.25) is 4.79 Å². The van der Waals surface area contributed by atoms with E-state index >= 15 is 0 Å². The lowest BCUT2D eigenvalue weighted by atomic mass is 10.1. The molecule has 3 aromatic rings. The Kier molecular flexibility index (Phi) is 4.64. The van der Waals surface area contributed by atoms with E-state index in [0.717, 1.165) is 20.8 Å². The molecule has 0 spiro atoms. The highest BCUT2D eigenvalue weighted by Crippen LogP contribution is 2.29. The van der Waals surface area contributed by atoms with Crippen LogP contribution in [0, 0.1) is 0 Å². The van der Waals surface area contributed by atoms with Gasteiger partial charge in [-0.05, 0) is 36.8 Å². The molecule has 1 heterocycles. The molecule has 0 fully saturated rings. The van der Waals surface area contributed by atoms with Gasteiger partial charge in [-0.2, -0.15) is 0 Å². The number of para-hydroxylation sites is 1. The Morgan fingerprint density at radius 3 is 2.61 bits per heavy atom. The number of carbonyl (C=O) groups excluding carboxylic acids is 1. The van der Waals surface area contributed by atoms with Crippen LogP contribution in [0.25, 0.3) is 10.2 Å². The molecule has 0 N–H and O–H groups in total. The molecule has 0 unspecified atom stereocenters. The molecule has 0 aliphatic heterocycles. The zero-order valence-electron chi connectivity index (χ0n) is 13.0. The second-order valence-electron chi connectivity index (χ2n) is 5.50. The first-order valence-electron chi connectivity index (χ1n) is 7.40. The zero-order chi connectivity index (χ0) is 16.4. The highest BCUT2D eigenvalue weighted by molar-refractivity contribution is 7.18. The number of halogens is 1. The van der Waals surface area contributed by atoms with Gasteiger partial charge in [0.1, 0.15) is 5.01 Å². The molecule has 0 radical (unpaired) electrons. The number of hydrogen-bond acceptors (Lipinski definition) is 3. The SMILES string of the molecule is C[C@@H](c1nc2ccccc2s1)N(C)C(=O)Cc1ccc(Cl)cc1. The lowest BCUT2D eigenvalue weighted by Crippen LogP contribution is -2.30. The van der Waals surface area contributed by atoms with Gasteiger partial charge in [0.05, 0.1) is 22.7 Å². The minimum Gasteiger partial charge on any atom is -0.336 e. The predicted octanol–water partition coefficient (Wildman–Crippen LogP) is 4.71. The molecule has 0 aliphatic rings. The highest BCUT2D eigenvalue weighted by atomic mass is 35.5. The first-order chi connectivity index (χ1) is 11.0. The van der Waals surface area contributed by atoms with Crippen molar-refractivity contribution in [1.82, 2.24) is 9.88 Å². The Balaban J connectivity index is 1.74. The molecule has 23 heavy (non-hydrogen) atoms. The second kappa shape index (κ2) is 6.69. The summed E-state index contributed by atoms with van der Waals surface area (Å²) in [5, 5.41) is 1.63. The van der Waals surface area contributed by atoms with Crippen LogP contribution in [0.4, 0.5) is 0 Å². The van der Waals surface area contributed by atoms with Crippen LogP contribution < -0.4 is 0 Å². The van der Waals surface area contributed by atoms with Crippen LogP contribution >= 0.6 is 22.9 Å². The maximum Gasteiger partial charge on any atom is 0.227 e. The molecule has 0 bridgehead atoms. The van der Waals surface area contributed by atoms with Gasteiger partial charge in [-0.15, -0.1) is 11.3 Å². The number of carbonyl (C=O) groups is 1. The summed E-state index contributed by atoms with van der Waals surface area (Å²) in [5.74, 6) is 0.0686. The minimum absolute atomic E-state index is 0.0489. The van der Waals surface area contributed by atoms with E-state index in [2.05, 4.69) is 11.1 Å². The largest absolute Gasteiger partial charge is 0.336 e. The number of likely N-dealkylation sites (N-methyl/N-ethyl adjacent to an activating group) is 1. The van der Waals surface area contributed by atoms with E-state index in [9.17, 15) is 4.79 Å². The summed E-state index contributed by atoms with van der Waals surface area (Å²) >= 11 is 7.51. The molecule has 118 valence electrons. The molecule has 0 aliphatic carbocycles. The standard InChI is InChI=1S/C18H17ClN2OS/c1-12(18-20-15-5-3-4-6-16(15)23-18)21(2)17(22)11-13-7-9-14(19)10-8-13/h3-10,12H,11H2,1-2H3/t12-/m0/s1. The summed E-state index contributed by atoms with van der Waals surface area (Å²) in [6.45, 7) is 2.01. The third-order valence-corrected chi connectivity index (χ3v) is 5.37. The van der Waals surface area contributed by atoms with E-state index in [1.165, 1.54) is 0 Å². The average molecular weight is 345 g/mol.